The molecule has 2 N–H and O–H groups in total. The number of nitrogens with zero attached hydrogens (tertiary/aromatic N) is 1. The fourth-order valence-electron chi connectivity index (χ4n) is 4.02. The molecule has 0 aliphatic carbocycles. The molecule has 34 heavy (non-hydrogen) atoms. The van der Waals surface area contributed by atoms with Crippen LogP contribution in [0, 0.1) is 0 Å². The normalized spacial score (nSPS) is 12.1. The van der Waals surface area contributed by atoms with Crippen LogP contribution in [0.25, 0.3) is 33.6 Å². The van der Waals surface area contributed by atoms with Gasteiger partial charge in [-0.15, -0.1) is 0 Å². The summed E-state index contributed by atoms with van der Waals surface area (Å²) >= 11 is 0. The van der Waals surface area contributed by atoms with Crippen molar-refractivity contribution >= 4 is 0 Å². The second-order valence-corrected chi connectivity index (χ2v) is 11.0. The second-order valence-electron chi connectivity index (χ2n) is 11.0. The van der Waals surface area contributed by atoms with Gasteiger partial charge in [0.05, 0.1) is 11.4 Å². The van der Waals surface area contributed by atoms with Crippen LogP contribution in [-0.2, 0) is 10.8 Å². The SMILES string of the molecule is CC(C)(C)c1cc(-c2cc(C(C)(C)C)cc(-c3ccccc3O)n2)cc(-c2ccccc2O)c1. The zero-order chi connectivity index (χ0) is 24.7. The van der Waals surface area contributed by atoms with Crippen LogP contribution >= 0.6 is 0 Å². The Bertz CT molecular complexity index is 1240. The summed E-state index contributed by atoms with van der Waals surface area (Å²) in [5.41, 5.74) is 7.14. The number of hydrogen-bond acceptors (Lipinski definition) is 3. The molecule has 1 aromatic heterocycles. The number of phenolic OH excluding ortho intramolecular Hbond substituents is 2. The van der Waals surface area contributed by atoms with Crippen molar-refractivity contribution in [2.24, 2.45) is 0 Å². The van der Waals surface area contributed by atoms with E-state index in [9.17, 15) is 10.2 Å². The Morgan fingerprint density at radius 1 is 0.529 bits per heavy atom. The molecule has 3 aromatic carbocycles. The van der Waals surface area contributed by atoms with Crippen LogP contribution in [-0.4, -0.2) is 15.2 Å². The highest BCUT2D eigenvalue weighted by atomic mass is 16.3. The third kappa shape index (κ3) is 4.84. The van der Waals surface area contributed by atoms with Gasteiger partial charge in [0.2, 0.25) is 0 Å². The topological polar surface area (TPSA) is 53.4 Å². The van der Waals surface area contributed by atoms with Gasteiger partial charge >= 0.3 is 0 Å². The van der Waals surface area contributed by atoms with Crippen LogP contribution in [0.4, 0.5) is 0 Å². The Morgan fingerprint density at radius 3 is 1.56 bits per heavy atom. The zero-order valence-corrected chi connectivity index (χ0v) is 20.8. The van der Waals surface area contributed by atoms with Crippen LogP contribution < -0.4 is 0 Å². The van der Waals surface area contributed by atoms with E-state index < -0.39 is 0 Å². The monoisotopic (exact) mass is 451 g/mol. The highest BCUT2D eigenvalue weighted by Crippen LogP contribution is 2.38. The molecule has 0 bridgehead atoms. The van der Waals surface area contributed by atoms with E-state index in [1.807, 2.05) is 36.4 Å². The van der Waals surface area contributed by atoms with Gasteiger partial charge in [-0.2, -0.15) is 0 Å². The number of para-hydroxylation sites is 2. The van der Waals surface area contributed by atoms with Crippen LogP contribution in [0.2, 0.25) is 0 Å². The number of benzene rings is 3. The highest BCUT2D eigenvalue weighted by molar-refractivity contribution is 5.78. The molecular weight excluding hydrogens is 418 g/mol. The molecule has 0 amide bonds. The van der Waals surface area contributed by atoms with E-state index in [0.29, 0.717) is 5.56 Å². The Kier molecular flexibility index (Phi) is 5.99. The molecule has 0 unspecified atom stereocenters. The molecule has 0 atom stereocenters. The van der Waals surface area contributed by atoms with E-state index in [1.54, 1.807) is 12.1 Å². The van der Waals surface area contributed by atoms with Crippen molar-refractivity contribution in [1.29, 1.82) is 0 Å². The number of aromatic hydroxyl groups is 2. The van der Waals surface area contributed by atoms with Crippen molar-refractivity contribution in [3.63, 3.8) is 0 Å². The molecule has 3 nitrogen and oxygen atoms in total. The maximum atomic E-state index is 10.5. The third-order valence-electron chi connectivity index (χ3n) is 6.18. The summed E-state index contributed by atoms with van der Waals surface area (Å²) in [5, 5.41) is 21.1. The Hall–Kier alpha value is -3.59. The van der Waals surface area contributed by atoms with Crippen LogP contribution in [0.3, 0.4) is 0 Å². The second kappa shape index (κ2) is 8.64. The van der Waals surface area contributed by atoms with Crippen molar-refractivity contribution < 1.29 is 10.2 Å². The summed E-state index contributed by atoms with van der Waals surface area (Å²) < 4.78 is 0. The van der Waals surface area contributed by atoms with Crippen molar-refractivity contribution in [1.82, 2.24) is 4.98 Å². The van der Waals surface area contributed by atoms with E-state index in [2.05, 4.69) is 71.9 Å². The Morgan fingerprint density at radius 2 is 1.00 bits per heavy atom. The van der Waals surface area contributed by atoms with Gasteiger partial charge in [0.25, 0.3) is 0 Å². The Balaban J connectivity index is 2.00. The molecule has 1 heterocycles. The summed E-state index contributed by atoms with van der Waals surface area (Å²) in [7, 11) is 0. The van der Waals surface area contributed by atoms with Gasteiger partial charge in [-0.3, -0.25) is 0 Å². The maximum absolute atomic E-state index is 10.5. The van der Waals surface area contributed by atoms with Gasteiger partial charge in [-0.1, -0.05) is 77.9 Å². The molecule has 4 aromatic rings. The molecule has 174 valence electrons. The standard InChI is InChI=1S/C31H33NO2/c1-30(2,3)22-16-20(24-11-7-9-13-28(24)33)15-21(17-22)26-18-23(31(4,5)6)19-27(32-26)25-12-8-10-14-29(25)34/h7-19,33-34H,1-6H3. The smallest absolute Gasteiger partial charge is 0.124 e. The summed E-state index contributed by atoms with van der Waals surface area (Å²) in [6.07, 6.45) is 0. The lowest BCUT2D eigenvalue weighted by Gasteiger charge is -2.23. The third-order valence-corrected chi connectivity index (χ3v) is 6.18. The molecule has 4 rings (SSSR count). The number of phenols is 2. The molecule has 3 heteroatoms. The minimum atomic E-state index is -0.0982. The number of aromatic nitrogens is 1. The summed E-state index contributed by atoms with van der Waals surface area (Å²) in [6.45, 7) is 13.1. The number of pyridine rings is 1. The number of hydrogen-bond donors (Lipinski definition) is 2. The Labute approximate surface area is 202 Å². The van der Waals surface area contributed by atoms with Gasteiger partial charge in [0, 0.05) is 16.7 Å². The minimum absolute atomic E-state index is 0.0860. The lowest BCUT2D eigenvalue weighted by Crippen LogP contribution is -2.13. The van der Waals surface area contributed by atoms with Crippen molar-refractivity contribution in [3.8, 4) is 45.1 Å². The molecule has 0 fully saturated rings. The number of rotatable bonds is 3. The summed E-state index contributed by atoms with van der Waals surface area (Å²) in [4.78, 5) is 5.01. The van der Waals surface area contributed by atoms with E-state index in [4.69, 9.17) is 4.98 Å². The van der Waals surface area contributed by atoms with Gasteiger partial charge in [0.1, 0.15) is 11.5 Å². The summed E-state index contributed by atoms with van der Waals surface area (Å²) in [5.74, 6) is 0.469. The zero-order valence-electron chi connectivity index (χ0n) is 20.8. The average Bonchev–Trinajstić information content (AvgIpc) is 2.78. The fourth-order valence-corrected chi connectivity index (χ4v) is 4.02. The lowest BCUT2D eigenvalue weighted by atomic mass is 9.82. The van der Waals surface area contributed by atoms with Crippen LogP contribution in [0.5, 0.6) is 11.5 Å². The van der Waals surface area contributed by atoms with Gasteiger partial charge in [0.15, 0.2) is 0 Å². The van der Waals surface area contributed by atoms with Crippen molar-refractivity contribution in [2.45, 2.75) is 52.4 Å². The van der Waals surface area contributed by atoms with E-state index in [-0.39, 0.29) is 22.3 Å². The fraction of sp³-hybridized carbons (Fsp3) is 0.258. The maximum Gasteiger partial charge on any atom is 0.124 e. The van der Waals surface area contributed by atoms with Gasteiger partial charge in [-0.05, 0) is 70.0 Å². The van der Waals surface area contributed by atoms with E-state index in [1.165, 1.54) is 0 Å². The largest absolute Gasteiger partial charge is 0.507 e. The highest BCUT2D eigenvalue weighted by Gasteiger charge is 2.21. The predicted octanol–water partition coefficient (Wildman–Crippen LogP) is 8.09. The van der Waals surface area contributed by atoms with Crippen molar-refractivity contribution in [3.05, 3.63) is 90.0 Å². The molecular formula is C31H33NO2. The first-order valence-corrected chi connectivity index (χ1v) is 11.7. The summed E-state index contributed by atoms with van der Waals surface area (Å²) in [6, 6.07) is 25.4. The van der Waals surface area contributed by atoms with Gasteiger partial charge < -0.3 is 10.2 Å². The molecule has 0 saturated carbocycles. The average molecular weight is 452 g/mol. The van der Waals surface area contributed by atoms with Gasteiger partial charge in [-0.25, -0.2) is 4.98 Å². The molecule has 0 aliphatic heterocycles. The quantitative estimate of drug-likeness (QED) is 0.331. The van der Waals surface area contributed by atoms with Crippen LogP contribution in [0.15, 0.2) is 78.9 Å². The van der Waals surface area contributed by atoms with E-state index in [0.717, 1.165) is 39.2 Å². The van der Waals surface area contributed by atoms with E-state index >= 15 is 0 Å². The lowest BCUT2D eigenvalue weighted by molar-refractivity contribution is 0.476. The first-order valence-electron chi connectivity index (χ1n) is 11.7. The first kappa shape index (κ1) is 23.6. The molecule has 0 radical (unpaired) electrons. The predicted molar refractivity (Wildman–Crippen MR) is 141 cm³/mol. The molecule has 0 aliphatic rings. The first-order chi connectivity index (χ1) is 15.9. The minimum Gasteiger partial charge on any atom is -0.507 e. The molecule has 0 spiro atoms. The van der Waals surface area contributed by atoms with Crippen molar-refractivity contribution in [2.75, 3.05) is 0 Å². The van der Waals surface area contributed by atoms with Crippen LogP contribution in [0.1, 0.15) is 52.7 Å². The molecule has 0 saturated heterocycles.